The van der Waals surface area contributed by atoms with Gasteiger partial charge < -0.3 is 20.4 Å². The molecule has 0 radical (unpaired) electrons. The molecule has 8 nitrogen and oxygen atoms in total. The predicted molar refractivity (Wildman–Crippen MR) is 119 cm³/mol. The lowest BCUT2D eigenvalue weighted by Crippen LogP contribution is -2.46. The van der Waals surface area contributed by atoms with E-state index in [-0.39, 0.29) is 25.2 Å². The smallest absolute Gasteiger partial charge is 0.389 e. The van der Waals surface area contributed by atoms with Crippen molar-refractivity contribution in [3.8, 4) is 5.69 Å². The highest BCUT2D eigenvalue weighted by Gasteiger charge is 2.40. The summed E-state index contributed by atoms with van der Waals surface area (Å²) in [6, 6.07) is -1.26. The number of nitrogens with one attached hydrogen (secondary N) is 1. The maximum absolute atomic E-state index is 15.0. The van der Waals surface area contributed by atoms with Crippen LogP contribution in [-0.2, 0) is 0 Å². The van der Waals surface area contributed by atoms with Gasteiger partial charge in [0.25, 0.3) is 5.91 Å². The molecule has 3 aromatic rings. The number of aliphatic hydroxyl groups excluding tert-OH is 2. The van der Waals surface area contributed by atoms with E-state index in [0.29, 0.717) is 16.8 Å². The Morgan fingerprint density at radius 2 is 1.66 bits per heavy atom. The number of aromatic nitrogens is 2. The molecule has 3 atom stereocenters. The number of carbonyl (C=O) groups excluding carboxylic acids is 1. The van der Waals surface area contributed by atoms with E-state index in [9.17, 15) is 46.1 Å². The Balaban J connectivity index is 1.99. The predicted octanol–water partition coefficient (Wildman–Crippen LogP) is 2.55. The Kier molecular flexibility index (Phi) is 7.09. The molecule has 3 N–H and O–H groups in total. The minimum atomic E-state index is -4.89. The maximum atomic E-state index is 15.0. The number of nitrogens with zero attached hydrogens (tertiary/aromatic N) is 3. The molecule has 204 valence electrons. The topological polar surface area (TPSA) is 108 Å². The van der Waals surface area contributed by atoms with Crippen LogP contribution in [0.2, 0.25) is 0 Å². The largest absolute Gasteiger partial charge is 0.408 e. The van der Waals surface area contributed by atoms with Gasteiger partial charge in [-0.05, 0) is 12.5 Å². The van der Waals surface area contributed by atoms with Gasteiger partial charge in [0.1, 0.15) is 23.1 Å². The van der Waals surface area contributed by atoms with Crippen molar-refractivity contribution in [3.63, 3.8) is 0 Å². The Hall–Kier alpha value is -3.72. The van der Waals surface area contributed by atoms with Gasteiger partial charge in [-0.3, -0.25) is 14.2 Å². The maximum Gasteiger partial charge on any atom is 0.408 e. The Labute approximate surface area is 208 Å². The average Bonchev–Trinajstić information content (AvgIpc) is 3.14. The summed E-state index contributed by atoms with van der Waals surface area (Å²) in [6.07, 6.45) is -7.54. The molecule has 1 aromatic carbocycles. The molecule has 2 aromatic heterocycles. The summed E-state index contributed by atoms with van der Waals surface area (Å²) in [4.78, 5) is 30.8. The number of hydrogen-bond donors (Lipinski definition) is 3. The number of aliphatic hydroxyl groups is 2. The number of carbonyl (C=O) groups is 1. The van der Waals surface area contributed by atoms with E-state index < -0.39 is 93.6 Å². The van der Waals surface area contributed by atoms with Gasteiger partial charge in [0.15, 0.2) is 28.9 Å². The van der Waals surface area contributed by atoms with Gasteiger partial charge in [0.2, 0.25) is 5.43 Å². The van der Waals surface area contributed by atoms with Gasteiger partial charge in [-0.2, -0.15) is 13.2 Å². The van der Waals surface area contributed by atoms with Crippen LogP contribution in [0.25, 0.3) is 16.7 Å². The number of hydrogen-bond acceptors (Lipinski definition) is 6. The Morgan fingerprint density at radius 1 is 1.08 bits per heavy atom. The summed E-state index contributed by atoms with van der Waals surface area (Å²) in [5.74, 6) is -7.66. The molecule has 38 heavy (non-hydrogen) atoms. The van der Waals surface area contributed by atoms with Gasteiger partial charge in [0.05, 0.1) is 17.6 Å². The van der Waals surface area contributed by atoms with E-state index in [4.69, 9.17) is 0 Å². The average molecular weight is 548 g/mol. The lowest BCUT2D eigenvalue weighted by atomic mass is 10.1. The summed E-state index contributed by atoms with van der Waals surface area (Å²) >= 11 is 0. The fourth-order valence-electron chi connectivity index (χ4n) is 4.13. The number of anilines is 1. The highest BCUT2D eigenvalue weighted by Crippen LogP contribution is 2.29. The highest BCUT2D eigenvalue weighted by molar-refractivity contribution is 5.97. The van der Waals surface area contributed by atoms with Gasteiger partial charge in [-0.1, -0.05) is 6.92 Å². The molecule has 0 aliphatic carbocycles. The second-order valence-corrected chi connectivity index (χ2v) is 8.64. The normalized spacial score (nSPS) is 18.7. The molecule has 3 heterocycles. The summed E-state index contributed by atoms with van der Waals surface area (Å²) in [7, 11) is 0. The Morgan fingerprint density at radius 3 is 2.18 bits per heavy atom. The number of halogens is 7. The van der Waals surface area contributed by atoms with Gasteiger partial charge in [0, 0.05) is 31.4 Å². The first-order valence-electron chi connectivity index (χ1n) is 11.1. The fourth-order valence-corrected chi connectivity index (χ4v) is 4.13. The monoisotopic (exact) mass is 548 g/mol. The molecule has 1 aliphatic heterocycles. The van der Waals surface area contributed by atoms with Gasteiger partial charge in [-0.15, -0.1) is 0 Å². The van der Waals surface area contributed by atoms with Gasteiger partial charge >= 0.3 is 6.18 Å². The third-order valence-corrected chi connectivity index (χ3v) is 6.05. The first-order chi connectivity index (χ1) is 17.7. The minimum absolute atomic E-state index is 0.274. The van der Waals surface area contributed by atoms with Crippen LogP contribution >= 0.6 is 0 Å². The van der Waals surface area contributed by atoms with E-state index in [0.717, 1.165) is 11.8 Å². The number of alkyl halides is 3. The molecule has 0 saturated carbocycles. The molecule has 15 heteroatoms. The third kappa shape index (κ3) is 4.90. The fraction of sp³-hybridized carbons (Fsp3) is 0.348. The molecule has 1 fully saturated rings. The second-order valence-electron chi connectivity index (χ2n) is 8.64. The summed E-state index contributed by atoms with van der Waals surface area (Å²) in [5, 5.41) is 20.5. The van der Waals surface area contributed by atoms with Crippen molar-refractivity contribution in [1.29, 1.82) is 0 Å². The van der Waals surface area contributed by atoms with Crippen LogP contribution in [-0.4, -0.2) is 63.2 Å². The molecular formula is C23H19F7N4O4. The third-order valence-electron chi connectivity index (χ3n) is 6.05. The van der Waals surface area contributed by atoms with E-state index in [2.05, 4.69) is 4.98 Å². The van der Waals surface area contributed by atoms with E-state index in [1.807, 2.05) is 0 Å². The van der Waals surface area contributed by atoms with Crippen molar-refractivity contribution >= 4 is 22.8 Å². The molecule has 1 amide bonds. The molecule has 0 unspecified atom stereocenters. The van der Waals surface area contributed by atoms with Crippen LogP contribution in [0, 0.1) is 23.3 Å². The van der Waals surface area contributed by atoms with E-state index in [1.165, 1.54) is 0 Å². The van der Waals surface area contributed by atoms with Crippen molar-refractivity contribution in [2.75, 3.05) is 18.0 Å². The molecular weight excluding hydrogens is 529 g/mol. The molecule has 4 rings (SSSR count). The van der Waals surface area contributed by atoms with E-state index >= 15 is 4.39 Å². The molecule has 0 bridgehead atoms. The summed E-state index contributed by atoms with van der Waals surface area (Å²) in [6.45, 7) is 0.528. The van der Waals surface area contributed by atoms with Crippen LogP contribution < -0.4 is 15.6 Å². The van der Waals surface area contributed by atoms with Crippen LogP contribution in [0.3, 0.4) is 0 Å². The van der Waals surface area contributed by atoms with Crippen molar-refractivity contribution < 1.29 is 45.7 Å². The first-order valence-corrected chi connectivity index (χ1v) is 11.1. The molecule has 1 saturated heterocycles. The van der Waals surface area contributed by atoms with Crippen LogP contribution in [0.1, 0.15) is 23.7 Å². The van der Waals surface area contributed by atoms with Crippen molar-refractivity contribution in [1.82, 2.24) is 14.9 Å². The van der Waals surface area contributed by atoms with Crippen LogP contribution in [0.5, 0.6) is 0 Å². The van der Waals surface area contributed by atoms with Crippen molar-refractivity contribution in [2.45, 2.75) is 37.8 Å². The zero-order chi connectivity index (χ0) is 28.1. The number of fused-ring (bicyclic) bond motifs is 1. The number of rotatable bonds is 5. The summed E-state index contributed by atoms with van der Waals surface area (Å²) < 4.78 is 98.2. The first kappa shape index (κ1) is 27.3. The SMILES string of the molecule is CC[C@H](NC(=O)c1cn(-c2c(F)cc(F)cc2F)c2nc(N3C[C@@H](O)[C@@H](O)C3)c(F)cc2c1=O)C(F)(F)F. The Bertz CT molecular complexity index is 1440. The van der Waals surface area contributed by atoms with Crippen LogP contribution in [0.15, 0.2) is 29.2 Å². The lowest BCUT2D eigenvalue weighted by molar-refractivity contribution is -0.153. The van der Waals surface area contributed by atoms with E-state index in [1.54, 1.807) is 5.32 Å². The van der Waals surface area contributed by atoms with Gasteiger partial charge in [-0.25, -0.2) is 22.5 Å². The highest BCUT2D eigenvalue weighted by atomic mass is 19.4. The number of benzene rings is 1. The minimum Gasteiger partial charge on any atom is -0.389 e. The van der Waals surface area contributed by atoms with Crippen molar-refractivity contribution in [2.24, 2.45) is 0 Å². The van der Waals surface area contributed by atoms with Crippen LogP contribution in [0.4, 0.5) is 36.6 Å². The van der Waals surface area contributed by atoms with Crippen molar-refractivity contribution in [3.05, 3.63) is 63.5 Å². The quantitative estimate of drug-likeness (QED) is 0.424. The summed E-state index contributed by atoms with van der Waals surface area (Å²) in [5.41, 5.74) is -4.01. The number of β-amino-alcohol motifs (C(OH)–C–C–N with tert-alkyl or cyclic N) is 2. The standard InChI is InChI=1S/C23H19F7N4O4/c1-2-17(23(28,29)30)31-22(38)11-6-34(18-12(25)3-9(24)4-13(18)26)20-10(19(11)37)5-14(27)21(32-20)33-7-15(35)16(36)8-33/h3-6,15-17,35-36H,2,7-8H2,1H3,(H,31,38)/t15-,16+,17-/m0/s1. The second kappa shape index (κ2) is 9.87. The zero-order valence-corrected chi connectivity index (χ0v) is 19.4. The lowest BCUT2D eigenvalue weighted by Gasteiger charge is -2.21. The molecule has 0 spiro atoms. The number of amides is 1. The number of pyridine rings is 2. The zero-order valence-electron chi connectivity index (χ0n) is 19.4. The molecule has 1 aliphatic rings.